The summed E-state index contributed by atoms with van der Waals surface area (Å²) in [7, 11) is 0. The maximum atomic E-state index is 3.49. The highest BCUT2D eigenvalue weighted by Gasteiger charge is 2.16. The van der Waals surface area contributed by atoms with Gasteiger partial charge in [0.25, 0.3) is 0 Å². The molecule has 0 aliphatic carbocycles. The smallest absolute Gasteiger partial charge is 0.0462 e. The van der Waals surface area contributed by atoms with Gasteiger partial charge in [-0.3, -0.25) is 0 Å². The quantitative estimate of drug-likeness (QED) is 0.249. The Hall–Kier alpha value is -3.10. The maximum Gasteiger partial charge on any atom is 0.0462 e. The van der Waals surface area contributed by atoms with E-state index in [1.807, 2.05) is 0 Å². The Labute approximate surface area is 206 Å². The van der Waals surface area contributed by atoms with Crippen molar-refractivity contribution in [3.05, 3.63) is 124 Å². The fourth-order valence-corrected chi connectivity index (χ4v) is 4.02. The molecule has 1 nitrogen and oxygen atoms in total. The fraction of sp³-hybridized carbons (Fsp3) is 0.161. The van der Waals surface area contributed by atoms with Crippen molar-refractivity contribution < 1.29 is 0 Å². The van der Waals surface area contributed by atoms with E-state index in [0.717, 1.165) is 21.5 Å². The number of hydrogen-bond donors (Lipinski definition) is 0. The molecule has 2 heteroatoms. The molecule has 0 amide bonds. The predicted molar refractivity (Wildman–Crippen MR) is 148 cm³/mol. The molecular formula is C31H30BrN. The summed E-state index contributed by atoms with van der Waals surface area (Å²) in [5.41, 5.74) is 8.54. The van der Waals surface area contributed by atoms with E-state index < -0.39 is 0 Å². The zero-order chi connectivity index (χ0) is 23.4. The van der Waals surface area contributed by atoms with Crippen molar-refractivity contribution in [1.29, 1.82) is 0 Å². The average molecular weight is 496 g/mol. The Bertz CT molecular complexity index is 1210. The molecule has 0 heterocycles. The van der Waals surface area contributed by atoms with Crippen molar-refractivity contribution in [2.24, 2.45) is 0 Å². The first-order chi connectivity index (χ1) is 15.8. The van der Waals surface area contributed by atoms with Gasteiger partial charge in [-0.1, -0.05) is 103 Å². The third-order valence-electron chi connectivity index (χ3n) is 5.77. The highest BCUT2D eigenvalue weighted by Crippen LogP contribution is 2.36. The van der Waals surface area contributed by atoms with Crippen LogP contribution in [-0.2, 0) is 5.41 Å². The summed E-state index contributed by atoms with van der Waals surface area (Å²) in [6.45, 7) is 8.87. The zero-order valence-electron chi connectivity index (χ0n) is 19.7. The van der Waals surface area contributed by atoms with Crippen molar-refractivity contribution in [3.63, 3.8) is 0 Å². The first-order valence-electron chi connectivity index (χ1n) is 11.3. The second-order valence-corrected chi connectivity index (χ2v) is 10.4. The van der Waals surface area contributed by atoms with Gasteiger partial charge < -0.3 is 4.90 Å². The van der Waals surface area contributed by atoms with E-state index in [-0.39, 0.29) is 5.41 Å². The lowest BCUT2D eigenvalue weighted by Gasteiger charge is -2.27. The van der Waals surface area contributed by atoms with Gasteiger partial charge >= 0.3 is 0 Å². The molecule has 0 atom stereocenters. The lowest BCUT2D eigenvalue weighted by molar-refractivity contribution is 0.590. The van der Waals surface area contributed by atoms with Crippen LogP contribution < -0.4 is 4.90 Å². The van der Waals surface area contributed by atoms with Crippen LogP contribution in [0.5, 0.6) is 0 Å². The summed E-state index contributed by atoms with van der Waals surface area (Å²) in [5, 5.41) is 0. The molecule has 0 N–H and O–H groups in total. The third kappa shape index (κ3) is 5.83. The first-order valence-corrected chi connectivity index (χ1v) is 12.1. The molecule has 0 aliphatic rings. The molecule has 166 valence electrons. The molecule has 0 saturated carbocycles. The Kier molecular flexibility index (Phi) is 6.85. The predicted octanol–water partition coefficient (Wildman–Crippen LogP) is 9.70. The van der Waals surface area contributed by atoms with E-state index >= 15 is 0 Å². The van der Waals surface area contributed by atoms with Gasteiger partial charge in [0, 0.05) is 21.5 Å². The molecule has 4 aromatic carbocycles. The van der Waals surface area contributed by atoms with Crippen LogP contribution in [-0.4, -0.2) is 0 Å². The van der Waals surface area contributed by atoms with Crippen LogP contribution in [0.3, 0.4) is 0 Å². The summed E-state index contributed by atoms with van der Waals surface area (Å²) < 4.78 is 1.09. The lowest BCUT2D eigenvalue weighted by Crippen LogP contribution is -2.13. The molecule has 33 heavy (non-hydrogen) atoms. The van der Waals surface area contributed by atoms with Crippen LogP contribution in [0.4, 0.5) is 17.1 Å². The number of anilines is 3. The van der Waals surface area contributed by atoms with Gasteiger partial charge in [0.2, 0.25) is 0 Å². The van der Waals surface area contributed by atoms with Gasteiger partial charge in [-0.2, -0.15) is 0 Å². The Morgan fingerprint density at radius 2 is 0.970 bits per heavy atom. The van der Waals surface area contributed by atoms with Gasteiger partial charge in [0.05, 0.1) is 0 Å². The molecule has 0 radical (unpaired) electrons. The van der Waals surface area contributed by atoms with Crippen LogP contribution in [0.2, 0.25) is 0 Å². The SMILES string of the molecule is Cc1ccc(N(c2ccc(/C=C/c3ccc(Br)cc3)cc2)c2ccc(C(C)(C)C)cc2)cc1. The second kappa shape index (κ2) is 9.80. The van der Waals surface area contributed by atoms with E-state index in [1.54, 1.807) is 0 Å². The molecule has 4 aromatic rings. The molecule has 0 fully saturated rings. The molecule has 0 unspecified atom stereocenters. The summed E-state index contributed by atoms with van der Waals surface area (Å²) >= 11 is 3.49. The maximum absolute atomic E-state index is 3.49. The fourth-order valence-electron chi connectivity index (χ4n) is 3.75. The van der Waals surface area contributed by atoms with E-state index in [2.05, 4.69) is 158 Å². The number of rotatable bonds is 5. The van der Waals surface area contributed by atoms with Gasteiger partial charge in [-0.05, 0) is 77.6 Å². The van der Waals surface area contributed by atoms with Crippen molar-refractivity contribution in [3.8, 4) is 0 Å². The molecule has 0 saturated heterocycles. The number of nitrogens with zero attached hydrogens (tertiary/aromatic N) is 1. The number of halogens is 1. The van der Waals surface area contributed by atoms with E-state index in [4.69, 9.17) is 0 Å². The van der Waals surface area contributed by atoms with Crippen molar-refractivity contribution in [1.82, 2.24) is 0 Å². The highest BCUT2D eigenvalue weighted by molar-refractivity contribution is 9.10. The van der Waals surface area contributed by atoms with Crippen LogP contribution in [0.25, 0.3) is 12.2 Å². The minimum absolute atomic E-state index is 0.135. The molecule has 0 spiro atoms. The number of aryl methyl sites for hydroxylation is 1. The summed E-state index contributed by atoms with van der Waals surface area (Å²) in [6.07, 6.45) is 4.30. The summed E-state index contributed by atoms with van der Waals surface area (Å²) in [4.78, 5) is 2.31. The number of hydrogen-bond acceptors (Lipinski definition) is 1. The van der Waals surface area contributed by atoms with E-state index in [9.17, 15) is 0 Å². The minimum Gasteiger partial charge on any atom is -0.311 e. The Morgan fingerprint density at radius 3 is 1.42 bits per heavy atom. The number of benzene rings is 4. The van der Waals surface area contributed by atoms with Crippen LogP contribution in [0, 0.1) is 6.92 Å². The Morgan fingerprint density at radius 1 is 0.576 bits per heavy atom. The topological polar surface area (TPSA) is 3.24 Å². The summed E-state index contributed by atoms with van der Waals surface area (Å²) in [5.74, 6) is 0. The molecule has 0 aliphatic heterocycles. The second-order valence-electron chi connectivity index (χ2n) is 9.44. The molecule has 0 aromatic heterocycles. The molecule has 4 rings (SSSR count). The van der Waals surface area contributed by atoms with E-state index in [1.165, 1.54) is 22.3 Å². The zero-order valence-corrected chi connectivity index (χ0v) is 21.3. The largest absolute Gasteiger partial charge is 0.311 e. The highest BCUT2D eigenvalue weighted by atomic mass is 79.9. The van der Waals surface area contributed by atoms with E-state index in [0.29, 0.717) is 0 Å². The third-order valence-corrected chi connectivity index (χ3v) is 6.30. The van der Waals surface area contributed by atoms with Crippen LogP contribution in [0.1, 0.15) is 43.0 Å². The van der Waals surface area contributed by atoms with Gasteiger partial charge in [0.1, 0.15) is 0 Å². The normalized spacial score (nSPS) is 11.7. The van der Waals surface area contributed by atoms with Crippen LogP contribution in [0.15, 0.2) is 102 Å². The standard InChI is InChI=1S/C31H30BrN/c1-23-5-17-28(18-6-23)33(30-21-13-26(14-22-30)31(2,3)4)29-19-11-25(12-20-29)8-7-24-9-15-27(32)16-10-24/h5-22H,1-4H3/b8-7+. The van der Waals surface area contributed by atoms with Gasteiger partial charge in [-0.25, -0.2) is 0 Å². The first kappa shape index (κ1) is 23.1. The molecule has 0 bridgehead atoms. The van der Waals surface area contributed by atoms with Gasteiger partial charge in [-0.15, -0.1) is 0 Å². The summed E-state index contributed by atoms with van der Waals surface area (Å²) in [6, 6.07) is 34.7. The lowest BCUT2D eigenvalue weighted by atomic mass is 9.87. The molecular weight excluding hydrogens is 466 g/mol. The Balaban J connectivity index is 1.65. The van der Waals surface area contributed by atoms with Crippen molar-refractivity contribution in [2.75, 3.05) is 4.90 Å². The van der Waals surface area contributed by atoms with Gasteiger partial charge in [0.15, 0.2) is 0 Å². The minimum atomic E-state index is 0.135. The van der Waals surface area contributed by atoms with Crippen molar-refractivity contribution in [2.45, 2.75) is 33.1 Å². The average Bonchev–Trinajstić information content (AvgIpc) is 2.81. The monoisotopic (exact) mass is 495 g/mol. The van der Waals surface area contributed by atoms with Crippen molar-refractivity contribution >= 4 is 45.1 Å². The van der Waals surface area contributed by atoms with Crippen LogP contribution >= 0.6 is 15.9 Å².